The first-order valence-corrected chi connectivity index (χ1v) is 8.79. The van der Waals surface area contributed by atoms with Crippen LogP contribution < -0.4 is 5.73 Å². The highest BCUT2D eigenvalue weighted by Crippen LogP contribution is 2.20. The van der Waals surface area contributed by atoms with Crippen molar-refractivity contribution >= 4 is 45.0 Å². The van der Waals surface area contributed by atoms with E-state index >= 15 is 0 Å². The molecular weight excluding hydrogens is 390 g/mol. The van der Waals surface area contributed by atoms with Crippen LogP contribution in [0.15, 0.2) is 63.2 Å². The Morgan fingerprint density at radius 3 is 2.71 bits per heavy atom. The minimum absolute atomic E-state index is 0.349. The summed E-state index contributed by atoms with van der Waals surface area (Å²) in [6, 6.07) is 15.2. The van der Waals surface area contributed by atoms with Crippen molar-refractivity contribution in [2.75, 3.05) is 7.11 Å². The van der Waals surface area contributed by atoms with E-state index in [-0.39, 0.29) is 0 Å². The topological polar surface area (TPSA) is 77.0 Å². The van der Waals surface area contributed by atoms with Crippen LogP contribution >= 0.6 is 27.7 Å². The summed E-state index contributed by atoms with van der Waals surface area (Å²) in [4.78, 5) is 11.8. The van der Waals surface area contributed by atoms with E-state index in [2.05, 4.69) is 26.1 Å². The SMILES string of the molecule is COC(=O)c1cccc(Br)c1C=NN=C(N)SCc1ccccc1. The third kappa shape index (κ3) is 5.21. The van der Waals surface area contributed by atoms with Gasteiger partial charge in [-0.15, -0.1) is 5.10 Å². The first-order valence-electron chi connectivity index (χ1n) is 7.02. The highest BCUT2D eigenvalue weighted by atomic mass is 79.9. The predicted octanol–water partition coefficient (Wildman–Crippen LogP) is 3.82. The van der Waals surface area contributed by atoms with Crippen molar-refractivity contribution in [3.05, 3.63) is 69.7 Å². The van der Waals surface area contributed by atoms with Gasteiger partial charge in [-0.1, -0.05) is 64.1 Å². The van der Waals surface area contributed by atoms with E-state index in [0.29, 0.717) is 22.0 Å². The number of thioether (sulfide) groups is 1. The number of hydrogen-bond donors (Lipinski definition) is 1. The molecule has 5 nitrogen and oxygen atoms in total. The molecule has 7 heteroatoms. The Kier molecular flexibility index (Phi) is 7.02. The van der Waals surface area contributed by atoms with E-state index in [0.717, 1.165) is 10.0 Å². The number of benzene rings is 2. The van der Waals surface area contributed by atoms with Crippen LogP contribution in [0.25, 0.3) is 0 Å². The second-order valence-corrected chi connectivity index (χ2v) is 6.50. The molecule has 2 aromatic rings. The zero-order valence-corrected chi connectivity index (χ0v) is 15.4. The minimum atomic E-state index is -0.437. The summed E-state index contributed by atoms with van der Waals surface area (Å²) in [5.41, 5.74) is 8.00. The summed E-state index contributed by atoms with van der Waals surface area (Å²) in [6.45, 7) is 0. The van der Waals surface area contributed by atoms with Gasteiger partial charge in [0.05, 0.1) is 18.9 Å². The van der Waals surface area contributed by atoms with Crippen molar-refractivity contribution in [3.8, 4) is 0 Å². The number of halogens is 1. The molecule has 0 fully saturated rings. The molecule has 0 bridgehead atoms. The van der Waals surface area contributed by atoms with E-state index in [1.807, 2.05) is 36.4 Å². The second kappa shape index (κ2) is 9.24. The van der Waals surface area contributed by atoms with Gasteiger partial charge in [0.15, 0.2) is 5.17 Å². The summed E-state index contributed by atoms with van der Waals surface area (Å²) in [5.74, 6) is 0.280. The third-order valence-electron chi connectivity index (χ3n) is 3.03. The highest BCUT2D eigenvalue weighted by Gasteiger charge is 2.12. The molecule has 24 heavy (non-hydrogen) atoms. The van der Waals surface area contributed by atoms with E-state index in [4.69, 9.17) is 10.5 Å². The number of methoxy groups -OCH3 is 1. The maximum Gasteiger partial charge on any atom is 0.338 e. The molecule has 0 aliphatic heterocycles. The van der Waals surface area contributed by atoms with Crippen molar-refractivity contribution in [1.82, 2.24) is 0 Å². The minimum Gasteiger partial charge on any atom is -0.465 e. The molecule has 0 aliphatic rings. The van der Waals surface area contributed by atoms with Crippen molar-refractivity contribution in [2.24, 2.45) is 15.9 Å². The first kappa shape index (κ1) is 18.2. The summed E-state index contributed by atoms with van der Waals surface area (Å²) in [5, 5.41) is 8.28. The van der Waals surface area contributed by atoms with Gasteiger partial charge in [-0.3, -0.25) is 0 Å². The largest absolute Gasteiger partial charge is 0.465 e. The molecule has 0 unspecified atom stereocenters. The molecule has 0 amide bonds. The Bertz CT molecular complexity index is 764. The number of nitrogens with two attached hydrogens (primary N) is 1. The van der Waals surface area contributed by atoms with E-state index in [9.17, 15) is 4.79 Å². The fraction of sp³-hybridized carbons (Fsp3) is 0.118. The average molecular weight is 406 g/mol. The van der Waals surface area contributed by atoms with Crippen LogP contribution in [0.3, 0.4) is 0 Å². The summed E-state index contributed by atoms with van der Waals surface area (Å²) < 4.78 is 5.48. The fourth-order valence-corrected chi connectivity index (χ4v) is 2.94. The molecular formula is C17H16BrN3O2S. The Labute approximate surface area is 153 Å². The van der Waals surface area contributed by atoms with E-state index in [1.165, 1.54) is 25.1 Å². The van der Waals surface area contributed by atoms with Gasteiger partial charge >= 0.3 is 5.97 Å². The van der Waals surface area contributed by atoms with Gasteiger partial charge in [0, 0.05) is 15.8 Å². The lowest BCUT2D eigenvalue weighted by atomic mass is 10.1. The van der Waals surface area contributed by atoms with Crippen LogP contribution in [0.5, 0.6) is 0 Å². The third-order valence-corrected chi connectivity index (χ3v) is 4.58. The quantitative estimate of drug-likeness (QED) is 0.355. The van der Waals surface area contributed by atoms with Crippen LogP contribution in [-0.4, -0.2) is 24.5 Å². The number of nitrogens with zero attached hydrogens (tertiary/aromatic N) is 2. The summed E-state index contributed by atoms with van der Waals surface area (Å²) >= 11 is 4.78. The lowest BCUT2D eigenvalue weighted by Crippen LogP contribution is -2.07. The molecule has 2 rings (SSSR count). The van der Waals surface area contributed by atoms with Gasteiger partial charge in [0.1, 0.15) is 0 Å². The maximum atomic E-state index is 11.8. The van der Waals surface area contributed by atoms with Crippen molar-refractivity contribution < 1.29 is 9.53 Å². The molecule has 0 saturated carbocycles. The second-order valence-electron chi connectivity index (χ2n) is 4.65. The van der Waals surface area contributed by atoms with Gasteiger partial charge in [-0.2, -0.15) is 5.10 Å². The molecule has 0 radical (unpaired) electrons. The van der Waals surface area contributed by atoms with Crippen molar-refractivity contribution in [3.63, 3.8) is 0 Å². The average Bonchev–Trinajstić information content (AvgIpc) is 2.61. The summed E-state index contributed by atoms with van der Waals surface area (Å²) in [6.07, 6.45) is 1.48. The number of hydrogen-bond acceptors (Lipinski definition) is 5. The van der Waals surface area contributed by atoms with Crippen LogP contribution in [0.2, 0.25) is 0 Å². The molecule has 0 heterocycles. The first-order chi connectivity index (χ1) is 11.6. The van der Waals surface area contributed by atoms with Gasteiger partial charge in [-0.25, -0.2) is 4.79 Å². The van der Waals surface area contributed by atoms with E-state index in [1.54, 1.807) is 12.1 Å². The molecule has 2 aromatic carbocycles. The van der Waals surface area contributed by atoms with Gasteiger partial charge in [-0.05, 0) is 17.7 Å². The van der Waals surface area contributed by atoms with Crippen molar-refractivity contribution in [1.29, 1.82) is 0 Å². The molecule has 0 aliphatic carbocycles. The number of ether oxygens (including phenoxy) is 1. The zero-order valence-electron chi connectivity index (χ0n) is 13.0. The molecule has 2 N–H and O–H groups in total. The normalized spacial score (nSPS) is 11.7. The van der Waals surface area contributed by atoms with Crippen LogP contribution in [0.4, 0.5) is 0 Å². The van der Waals surface area contributed by atoms with Crippen molar-refractivity contribution in [2.45, 2.75) is 5.75 Å². The number of carbonyl (C=O) groups is 1. The Morgan fingerprint density at radius 1 is 1.25 bits per heavy atom. The standard InChI is InChI=1S/C17H16BrN3O2S/c1-23-16(22)13-8-5-9-15(18)14(13)10-20-21-17(19)24-11-12-6-3-2-4-7-12/h2-10H,11H2,1H3,(H2,19,21). The molecule has 0 spiro atoms. The number of carbonyl (C=O) groups excluding carboxylic acids is 1. The van der Waals surface area contributed by atoms with E-state index < -0.39 is 5.97 Å². The summed E-state index contributed by atoms with van der Waals surface area (Å²) in [7, 11) is 1.33. The molecule has 0 aromatic heterocycles. The lowest BCUT2D eigenvalue weighted by Gasteiger charge is -2.05. The van der Waals surface area contributed by atoms with Gasteiger partial charge < -0.3 is 10.5 Å². The molecule has 124 valence electrons. The van der Waals surface area contributed by atoms with Gasteiger partial charge in [0.25, 0.3) is 0 Å². The maximum absolute atomic E-state index is 11.8. The van der Waals surface area contributed by atoms with Crippen LogP contribution in [0, 0.1) is 0 Å². The lowest BCUT2D eigenvalue weighted by molar-refractivity contribution is 0.0600. The van der Waals surface area contributed by atoms with Crippen LogP contribution in [-0.2, 0) is 10.5 Å². The predicted molar refractivity (Wildman–Crippen MR) is 102 cm³/mol. The zero-order chi connectivity index (χ0) is 17.4. The fourth-order valence-electron chi connectivity index (χ4n) is 1.86. The number of amidine groups is 1. The van der Waals surface area contributed by atoms with Gasteiger partial charge in [0.2, 0.25) is 0 Å². The molecule has 0 atom stereocenters. The molecule has 0 saturated heterocycles. The number of rotatable bonds is 5. The Balaban J connectivity index is 2.06. The Hall–Kier alpha value is -2.12. The monoisotopic (exact) mass is 405 g/mol. The highest BCUT2D eigenvalue weighted by molar-refractivity contribution is 9.10. The number of esters is 1. The smallest absolute Gasteiger partial charge is 0.338 e. The Morgan fingerprint density at radius 2 is 2.00 bits per heavy atom. The van der Waals surface area contributed by atoms with Crippen LogP contribution in [0.1, 0.15) is 21.5 Å².